The number of aromatic nitrogens is 1. The van der Waals surface area contributed by atoms with E-state index >= 15 is 0 Å². The van der Waals surface area contributed by atoms with E-state index < -0.39 is 0 Å². The van der Waals surface area contributed by atoms with Gasteiger partial charge in [-0.15, -0.1) is 0 Å². The van der Waals surface area contributed by atoms with Crippen LogP contribution in [0, 0.1) is 6.92 Å². The number of hydrogen-bond donors (Lipinski definition) is 1. The van der Waals surface area contributed by atoms with Gasteiger partial charge in [0.2, 0.25) is 0 Å². The Morgan fingerprint density at radius 1 is 1.42 bits per heavy atom. The van der Waals surface area contributed by atoms with E-state index in [4.69, 9.17) is 28.6 Å². The molecule has 24 heavy (non-hydrogen) atoms. The van der Waals surface area contributed by atoms with E-state index in [1.54, 1.807) is 13.3 Å². The number of nitrogens with zero attached hydrogens (tertiary/aromatic N) is 2. The van der Waals surface area contributed by atoms with E-state index in [-0.39, 0.29) is 6.04 Å². The first-order chi connectivity index (χ1) is 11.5. The van der Waals surface area contributed by atoms with E-state index in [2.05, 4.69) is 22.1 Å². The number of benzene rings is 1. The van der Waals surface area contributed by atoms with Gasteiger partial charge in [0.05, 0.1) is 23.4 Å². The summed E-state index contributed by atoms with van der Waals surface area (Å²) in [6.45, 7) is 5.34. The molecule has 0 radical (unpaired) electrons. The van der Waals surface area contributed by atoms with Crippen LogP contribution < -0.4 is 5.32 Å². The zero-order valence-electron chi connectivity index (χ0n) is 14.1. The van der Waals surface area contributed by atoms with Crippen molar-refractivity contribution in [2.75, 3.05) is 25.6 Å². The number of pyridine rings is 1. The third kappa shape index (κ3) is 4.90. The Kier molecular flexibility index (Phi) is 6.97. The summed E-state index contributed by atoms with van der Waals surface area (Å²) in [6.07, 6.45) is 3.62. The van der Waals surface area contributed by atoms with Crippen molar-refractivity contribution in [1.29, 1.82) is 0 Å². The highest BCUT2D eigenvalue weighted by Crippen LogP contribution is 2.25. The van der Waals surface area contributed by atoms with Crippen LogP contribution in [0.2, 0.25) is 5.02 Å². The highest BCUT2D eigenvalue weighted by molar-refractivity contribution is 7.80. The van der Waals surface area contributed by atoms with Crippen LogP contribution in [0.25, 0.3) is 0 Å². The topological polar surface area (TPSA) is 37.4 Å². The van der Waals surface area contributed by atoms with Gasteiger partial charge >= 0.3 is 0 Å². The van der Waals surface area contributed by atoms with E-state index in [0.29, 0.717) is 23.3 Å². The second-order valence-electron chi connectivity index (χ2n) is 5.56. The summed E-state index contributed by atoms with van der Waals surface area (Å²) in [6, 6.07) is 9.88. The molecule has 0 saturated carbocycles. The van der Waals surface area contributed by atoms with Crippen molar-refractivity contribution in [1.82, 2.24) is 9.88 Å². The molecule has 2 aromatic rings. The first-order valence-electron chi connectivity index (χ1n) is 7.75. The SMILES string of the molecule is COCCN(C(=S)Nc1ccc(C)cc1Cl)[C@@H](C)c1cccnc1. The van der Waals surface area contributed by atoms with E-state index in [9.17, 15) is 0 Å². The van der Waals surface area contributed by atoms with Gasteiger partial charge in [-0.3, -0.25) is 4.98 Å². The van der Waals surface area contributed by atoms with Crippen LogP contribution in [-0.2, 0) is 4.74 Å². The maximum absolute atomic E-state index is 6.30. The second kappa shape index (κ2) is 8.97. The van der Waals surface area contributed by atoms with Gasteiger partial charge in [-0.25, -0.2) is 0 Å². The zero-order chi connectivity index (χ0) is 17.5. The maximum Gasteiger partial charge on any atom is 0.174 e. The molecule has 0 spiro atoms. The Labute approximate surface area is 153 Å². The van der Waals surface area contributed by atoms with Crippen molar-refractivity contribution in [3.05, 3.63) is 58.9 Å². The lowest BCUT2D eigenvalue weighted by Crippen LogP contribution is -2.39. The average Bonchev–Trinajstić information content (AvgIpc) is 2.58. The standard InChI is InChI=1S/C18H22ClN3OS/c1-13-6-7-17(16(19)11-13)21-18(24)22(9-10-23-3)14(2)15-5-4-8-20-12-15/h4-8,11-12,14H,9-10H2,1-3H3,(H,21,24)/t14-/m0/s1. The number of hydrogen-bond acceptors (Lipinski definition) is 3. The average molecular weight is 364 g/mol. The van der Waals surface area contributed by atoms with E-state index in [0.717, 1.165) is 16.8 Å². The van der Waals surface area contributed by atoms with Crippen LogP contribution in [0.15, 0.2) is 42.7 Å². The fourth-order valence-corrected chi connectivity index (χ4v) is 3.01. The lowest BCUT2D eigenvalue weighted by atomic mass is 10.1. The molecule has 1 heterocycles. The smallest absolute Gasteiger partial charge is 0.174 e. The Morgan fingerprint density at radius 3 is 2.83 bits per heavy atom. The molecule has 4 nitrogen and oxygen atoms in total. The summed E-state index contributed by atoms with van der Waals surface area (Å²) >= 11 is 11.9. The molecule has 1 aromatic carbocycles. The van der Waals surface area contributed by atoms with Gasteiger partial charge in [-0.1, -0.05) is 23.7 Å². The van der Waals surface area contributed by atoms with Gasteiger partial charge in [0.1, 0.15) is 0 Å². The van der Waals surface area contributed by atoms with Gasteiger partial charge in [0.25, 0.3) is 0 Å². The molecule has 0 bridgehead atoms. The number of ether oxygens (including phenoxy) is 1. The van der Waals surface area contributed by atoms with E-state index in [1.807, 2.05) is 43.5 Å². The van der Waals surface area contributed by atoms with Crippen LogP contribution in [0.5, 0.6) is 0 Å². The molecule has 128 valence electrons. The molecule has 6 heteroatoms. The molecule has 1 atom stereocenters. The number of anilines is 1. The van der Waals surface area contributed by atoms with Crippen molar-refractivity contribution in [3.63, 3.8) is 0 Å². The number of methoxy groups -OCH3 is 1. The van der Waals surface area contributed by atoms with Gasteiger partial charge in [-0.05, 0) is 55.4 Å². The molecule has 0 aliphatic carbocycles. The minimum atomic E-state index is 0.0677. The number of thiocarbonyl (C=S) groups is 1. The van der Waals surface area contributed by atoms with Gasteiger partial charge < -0.3 is 15.0 Å². The monoisotopic (exact) mass is 363 g/mol. The van der Waals surface area contributed by atoms with Crippen LogP contribution >= 0.6 is 23.8 Å². The lowest BCUT2D eigenvalue weighted by molar-refractivity contribution is 0.165. The molecule has 1 aromatic heterocycles. The third-order valence-electron chi connectivity index (χ3n) is 3.80. The lowest BCUT2D eigenvalue weighted by Gasteiger charge is -2.32. The maximum atomic E-state index is 6.30. The molecule has 2 rings (SSSR count). The molecule has 0 amide bonds. The largest absolute Gasteiger partial charge is 0.383 e. The molecular weight excluding hydrogens is 342 g/mol. The summed E-state index contributed by atoms with van der Waals surface area (Å²) in [5.41, 5.74) is 3.00. The highest BCUT2D eigenvalue weighted by Gasteiger charge is 2.19. The fraction of sp³-hybridized carbons (Fsp3) is 0.333. The first kappa shape index (κ1) is 18.6. The Morgan fingerprint density at radius 2 is 2.21 bits per heavy atom. The van der Waals surface area contributed by atoms with Crippen LogP contribution in [-0.4, -0.2) is 35.3 Å². The van der Waals surface area contributed by atoms with E-state index in [1.165, 1.54) is 0 Å². The quantitative estimate of drug-likeness (QED) is 0.767. The molecule has 0 unspecified atom stereocenters. The van der Waals surface area contributed by atoms with Gasteiger partial charge in [-0.2, -0.15) is 0 Å². The number of halogens is 1. The van der Waals surface area contributed by atoms with Crippen LogP contribution in [0.4, 0.5) is 5.69 Å². The molecular formula is C18H22ClN3OS. The minimum absolute atomic E-state index is 0.0677. The third-order valence-corrected chi connectivity index (χ3v) is 4.45. The van der Waals surface area contributed by atoms with Crippen molar-refractivity contribution < 1.29 is 4.74 Å². The summed E-state index contributed by atoms with van der Waals surface area (Å²) in [7, 11) is 1.68. The van der Waals surface area contributed by atoms with Gasteiger partial charge in [0.15, 0.2) is 5.11 Å². The molecule has 0 saturated heterocycles. The summed E-state index contributed by atoms with van der Waals surface area (Å²) in [5, 5.41) is 4.50. The Hall–Kier alpha value is -1.69. The molecule has 1 N–H and O–H groups in total. The van der Waals surface area contributed by atoms with Crippen molar-refractivity contribution in [3.8, 4) is 0 Å². The number of aryl methyl sites for hydroxylation is 1. The predicted molar refractivity (Wildman–Crippen MR) is 104 cm³/mol. The van der Waals surface area contributed by atoms with Gasteiger partial charge in [0, 0.05) is 26.0 Å². The van der Waals surface area contributed by atoms with Crippen LogP contribution in [0.3, 0.4) is 0 Å². The van der Waals surface area contributed by atoms with Crippen molar-refractivity contribution >= 4 is 34.6 Å². The second-order valence-corrected chi connectivity index (χ2v) is 6.36. The molecule has 0 aliphatic rings. The summed E-state index contributed by atoms with van der Waals surface area (Å²) in [5.74, 6) is 0. The first-order valence-corrected chi connectivity index (χ1v) is 8.54. The fourth-order valence-electron chi connectivity index (χ4n) is 2.37. The Balaban J connectivity index is 2.18. The van der Waals surface area contributed by atoms with Crippen molar-refractivity contribution in [2.24, 2.45) is 0 Å². The predicted octanol–water partition coefficient (Wildman–Crippen LogP) is 4.45. The molecule has 0 fully saturated rings. The highest BCUT2D eigenvalue weighted by atomic mass is 35.5. The van der Waals surface area contributed by atoms with Crippen LogP contribution in [0.1, 0.15) is 24.1 Å². The Bertz CT molecular complexity index is 681. The number of rotatable bonds is 6. The molecule has 0 aliphatic heterocycles. The van der Waals surface area contributed by atoms with Crippen molar-refractivity contribution in [2.45, 2.75) is 19.9 Å². The zero-order valence-corrected chi connectivity index (χ0v) is 15.7. The summed E-state index contributed by atoms with van der Waals surface area (Å²) in [4.78, 5) is 6.27. The summed E-state index contributed by atoms with van der Waals surface area (Å²) < 4.78 is 5.23. The normalized spacial score (nSPS) is 11.8. The number of nitrogens with one attached hydrogen (secondary N) is 1. The minimum Gasteiger partial charge on any atom is -0.383 e.